The van der Waals surface area contributed by atoms with E-state index in [1.54, 1.807) is 20.3 Å². The normalized spacial score (nSPS) is 13.0. The monoisotopic (exact) mass is 398 g/mol. The van der Waals surface area contributed by atoms with Crippen molar-refractivity contribution in [2.75, 3.05) is 38.8 Å². The van der Waals surface area contributed by atoms with Gasteiger partial charge in [0.2, 0.25) is 0 Å². The number of amides is 1. The van der Waals surface area contributed by atoms with Crippen molar-refractivity contribution in [2.45, 2.75) is 39.7 Å². The van der Waals surface area contributed by atoms with Gasteiger partial charge in [0.05, 0.1) is 14.2 Å². The summed E-state index contributed by atoms with van der Waals surface area (Å²) in [5, 5.41) is 8.58. The van der Waals surface area contributed by atoms with Crippen LogP contribution in [0, 0.1) is 0 Å². The summed E-state index contributed by atoms with van der Waals surface area (Å²) in [6.45, 7) is 7.18. The highest BCUT2D eigenvalue weighted by Gasteiger charge is 2.22. The number of rotatable bonds is 8. The van der Waals surface area contributed by atoms with Crippen molar-refractivity contribution in [1.29, 1.82) is 0 Å². The van der Waals surface area contributed by atoms with Crippen molar-refractivity contribution in [2.24, 2.45) is 0 Å². The maximum atomic E-state index is 12.7. The number of anilines is 1. The van der Waals surface area contributed by atoms with Crippen LogP contribution in [0.5, 0.6) is 11.5 Å². The number of nitrogens with zero attached hydrogens (tertiary/aromatic N) is 4. The van der Waals surface area contributed by atoms with E-state index < -0.39 is 0 Å². The minimum atomic E-state index is -0.0476. The third-order valence-corrected chi connectivity index (χ3v) is 5.19. The lowest BCUT2D eigenvalue weighted by molar-refractivity contribution is 0.0748. The largest absolute Gasteiger partial charge is 0.493 e. The summed E-state index contributed by atoms with van der Waals surface area (Å²) in [5.41, 5.74) is 2.85. The molecule has 0 saturated carbocycles. The molecule has 1 amide bonds. The number of carbonyl (C=O) groups excluding carboxylic acids is 1. The molecule has 0 fully saturated rings. The van der Waals surface area contributed by atoms with Crippen LogP contribution in [0.3, 0.4) is 0 Å². The van der Waals surface area contributed by atoms with Gasteiger partial charge in [-0.2, -0.15) is 0 Å². The molecule has 1 aromatic carbocycles. The third-order valence-electron chi connectivity index (χ3n) is 5.19. The number of ether oxygens (including phenoxy) is 2. The van der Waals surface area contributed by atoms with Gasteiger partial charge < -0.3 is 19.3 Å². The average molecular weight is 399 g/mol. The highest BCUT2D eigenvalue weighted by molar-refractivity contribution is 5.92. The zero-order chi connectivity index (χ0) is 20.8. The topological polar surface area (TPSA) is 67.8 Å². The summed E-state index contributed by atoms with van der Waals surface area (Å²) in [6.07, 6.45) is 2.75. The quantitative estimate of drug-likeness (QED) is 0.680. The van der Waals surface area contributed by atoms with Crippen molar-refractivity contribution < 1.29 is 14.3 Å². The standard InChI is InChI=1S/C22H30N4O3/c1-5-10-25(11-6-2)22(27)18-7-8-21(24-23-18)26-12-9-16-13-19(28-3)20(29-4)14-17(16)15-26/h7-8,13-14H,5-6,9-12,15H2,1-4H3. The lowest BCUT2D eigenvalue weighted by atomic mass is 9.99. The molecule has 7 heteroatoms. The van der Waals surface area contributed by atoms with Gasteiger partial charge in [0.1, 0.15) is 0 Å². The molecule has 7 nitrogen and oxygen atoms in total. The number of hydrogen-bond acceptors (Lipinski definition) is 6. The van der Waals surface area contributed by atoms with Gasteiger partial charge in [-0.15, -0.1) is 10.2 Å². The van der Waals surface area contributed by atoms with Crippen molar-refractivity contribution in [3.05, 3.63) is 41.1 Å². The summed E-state index contributed by atoms with van der Waals surface area (Å²) >= 11 is 0. The molecule has 0 N–H and O–H groups in total. The lowest BCUT2D eigenvalue weighted by Gasteiger charge is -2.30. The van der Waals surface area contributed by atoms with E-state index in [4.69, 9.17) is 9.47 Å². The Morgan fingerprint density at radius 1 is 1.03 bits per heavy atom. The van der Waals surface area contributed by atoms with E-state index >= 15 is 0 Å². The first-order valence-electron chi connectivity index (χ1n) is 10.2. The fourth-order valence-corrected chi connectivity index (χ4v) is 3.70. The fraction of sp³-hybridized carbons (Fsp3) is 0.500. The smallest absolute Gasteiger partial charge is 0.274 e. The molecule has 0 aliphatic carbocycles. The second kappa shape index (κ2) is 9.58. The van der Waals surface area contributed by atoms with Gasteiger partial charge in [-0.3, -0.25) is 4.79 Å². The van der Waals surface area contributed by atoms with Gasteiger partial charge in [-0.1, -0.05) is 13.8 Å². The van der Waals surface area contributed by atoms with E-state index in [1.165, 1.54) is 11.1 Å². The Hall–Kier alpha value is -2.83. The summed E-state index contributed by atoms with van der Waals surface area (Å²) in [4.78, 5) is 16.7. The SMILES string of the molecule is CCCN(CCC)C(=O)c1ccc(N2CCc3cc(OC)c(OC)cc3C2)nn1. The predicted molar refractivity (Wildman–Crippen MR) is 113 cm³/mol. The van der Waals surface area contributed by atoms with Crippen molar-refractivity contribution in [3.63, 3.8) is 0 Å². The van der Waals surface area contributed by atoms with E-state index in [9.17, 15) is 4.79 Å². The van der Waals surface area contributed by atoms with Crippen molar-refractivity contribution in [1.82, 2.24) is 15.1 Å². The minimum absolute atomic E-state index is 0.0476. The van der Waals surface area contributed by atoms with Crippen LogP contribution in [0.1, 0.15) is 48.3 Å². The van der Waals surface area contributed by atoms with E-state index in [2.05, 4.69) is 35.0 Å². The van der Waals surface area contributed by atoms with Crippen LogP contribution in [0.25, 0.3) is 0 Å². The maximum Gasteiger partial charge on any atom is 0.274 e. The summed E-state index contributed by atoms with van der Waals surface area (Å²) in [6, 6.07) is 7.75. The molecule has 1 aliphatic heterocycles. The van der Waals surface area contributed by atoms with Crippen LogP contribution in [0.15, 0.2) is 24.3 Å². The maximum absolute atomic E-state index is 12.7. The van der Waals surface area contributed by atoms with Crippen LogP contribution < -0.4 is 14.4 Å². The van der Waals surface area contributed by atoms with Crippen LogP contribution >= 0.6 is 0 Å². The molecule has 2 heterocycles. The highest BCUT2D eigenvalue weighted by atomic mass is 16.5. The van der Waals surface area contributed by atoms with Crippen molar-refractivity contribution >= 4 is 11.7 Å². The number of carbonyl (C=O) groups is 1. The number of fused-ring (bicyclic) bond motifs is 1. The number of benzene rings is 1. The first-order chi connectivity index (χ1) is 14.1. The molecule has 3 rings (SSSR count). The Morgan fingerprint density at radius 3 is 2.24 bits per heavy atom. The fourth-order valence-electron chi connectivity index (χ4n) is 3.70. The molecule has 1 aromatic heterocycles. The molecule has 0 unspecified atom stereocenters. The first kappa shape index (κ1) is 20.9. The zero-order valence-corrected chi connectivity index (χ0v) is 17.8. The lowest BCUT2D eigenvalue weighted by Crippen LogP contribution is -2.34. The molecule has 0 radical (unpaired) electrons. The Bertz CT molecular complexity index is 833. The van der Waals surface area contributed by atoms with Gasteiger partial charge >= 0.3 is 0 Å². The van der Waals surface area contributed by atoms with E-state index in [1.807, 2.05) is 17.0 Å². The molecule has 0 spiro atoms. The number of methoxy groups -OCH3 is 2. The first-order valence-corrected chi connectivity index (χ1v) is 10.2. The molecule has 156 valence electrons. The average Bonchev–Trinajstić information content (AvgIpc) is 2.77. The van der Waals surface area contributed by atoms with Crippen molar-refractivity contribution in [3.8, 4) is 11.5 Å². The third kappa shape index (κ3) is 4.60. The molecule has 1 aliphatic rings. The molecule has 0 atom stereocenters. The Balaban J connectivity index is 1.75. The zero-order valence-electron chi connectivity index (χ0n) is 17.8. The van der Waals surface area contributed by atoms with E-state index in [0.29, 0.717) is 5.69 Å². The van der Waals surface area contributed by atoms with Crippen LogP contribution in [-0.2, 0) is 13.0 Å². The second-order valence-electron chi connectivity index (χ2n) is 7.22. The Kier molecular flexibility index (Phi) is 6.90. The van der Waals surface area contributed by atoms with Gasteiger partial charge in [0.15, 0.2) is 23.0 Å². The highest BCUT2D eigenvalue weighted by Crippen LogP contribution is 2.34. The molecular weight excluding hydrogens is 368 g/mol. The van der Waals surface area contributed by atoms with Crippen LogP contribution in [0.4, 0.5) is 5.82 Å². The van der Waals surface area contributed by atoms with E-state index in [-0.39, 0.29) is 5.91 Å². The molecule has 29 heavy (non-hydrogen) atoms. The minimum Gasteiger partial charge on any atom is -0.493 e. The van der Waals surface area contributed by atoms with Crippen LogP contribution in [0.2, 0.25) is 0 Å². The summed E-state index contributed by atoms with van der Waals surface area (Å²) < 4.78 is 10.8. The molecular formula is C22H30N4O3. The summed E-state index contributed by atoms with van der Waals surface area (Å²) in [5.74, 6) is 2.21. The summed E-state index contributed by atoms with van der Waals surface area (Å²) in [7, 11) is 3.30. The Labute approximate surface area is 172 Å². The van der Waals surface area contributed by atoms with Gasteiger partial charge in [0, 0.05) is 26.2 Å². The van der Waals surface area contributed by atoms with Gasteiger partial charge in [0.25, 0.3) is 5.91 Å². The number of aromatic nitrogens is 2. The van der Waals surface area contributed by atoms with Crippen LogP contribution in [-0.4, -0.2) is 54.9 Å². The van der Waals surface area contributed by atoms with E-state index in [0.717, 1.165) is 62.8 Å². The molecule has 0 saturated heterocycles. The predicted octanol–water partition coefficient (Wildman–Crippen LogP) is 3.32. The Morgan fingerprint density at radius 2 is 1.69 bits per heavy atom. The second-order valence-corrected chi connectivity index (χ2v) is 7.22. The molecule has 2 aromatic rings. The number of hydrogen-bond donors (Lipinski definition) is 0. The van der Waals surface area contributed by atoms with Gasteiger partial charge in [-0.05, 0) is 54.7 Å². The molecule has 0 bridgehead atoms. The van der Waals surface area contributed by atoms with Gasteiger partial charge in [-0.25, -0.2) is 0 Å².